The third kappa shape index (κ3) is 1.80. The summed E-state index contributed by atoms with van der Waals surface area (Å²) in [5, 5.41) is 5.28. The van der Waals surface area contributed by atoms with Crippen molar-refractivity contribution in [2.24, 2.45) is 7.05 Å². The molecule has 0 radical (unpaired) electrons. The molecular weight excluding hydrogens is 304 g/mol. The van der Waals surface area contributed by atoms with E-state index in [4.69, 9.17) is 0 Å². The number of aryl methyl sites for hydroxylation is 1. The van der Waals surface area contributed by atoms with Crippen molar-refractivity contribution in [3.63, 3.8) is 0 Å². The molecule has 0 spiro atoms. The van der Waals surface area contributed by atoms with E-state index in [1.165, 1.54) is 43.6 Å². The van der Waals surface area contributed by atoms with Gasteiger partial charge in [-0.3, -0.25) is 0 Å². The molecule has 3 aromatic carbocycles. The zero-order valence-electron chi connectivity index (χ0n) is 15.2. The van der Waals surface area contributed by atoms with Gasteiger partial charge in [0.2, 0.25) is 0 Å². The van der Waals surface area contributed by atoms with E-state index in [2.05, 4.69) is 97.6 Å². The Morgan fingerprint density at radius 2 is 1.32 bits per heavy atom. The summed E-state index contributed by atoms with van der Waals surface area (Å²) >= 11 is 0. The second-order valence-corrected chi connectivity index (χ2v) is 7.96. The van der Waals surface area contributed by atoms with Crippen molar-refractivity contribution in [1.82, 2.24) is 9.13 Å². The molecule has 0 unspecified atom stereocenters. The maximum Gasteiger partial charge on any atom is 0.0759 e. The smallest absolute Gasteiger partial charge is 0.0759 e. The summed E-state index contributed by atoms with van der Waals surface area (Å²) in [5.41, 5.74) is 5.33. The van der Waals surface area contributed by atoms with Gasteiger partial charge in [0.1, 0.15) is 0 Å². The average Bonchev–Trinajstić information content (AvgIpc) is 3.08. The minimum absolute atomic E-state index is 0.0152. The summed E-state index contributed by atoms with van der Waals surface area (Å²) in [7, 11) is 2.20. The monoisotopic (exact) mass is 326 g/mol. The predicted octanol–water partition coefficient (Wildman–Crippen LogP) is 6.19. The number of rotatable bonds is 0. The van der Waals surface area contributed by atoms with Gasteiger partial charge >= 0.3 is 0 Å². The van der Waals surface area contributed by atoms with E-state index < -0.39 is 0 Å². The predicted molar refractivity (Wildman–Crippen MR) is 108 cm³/mol. The Bertz CT molecular complexity index is 1280. The van der Waals surface area contributed by atoms with E-state index in [9.17, 15) is 0 Å². The fourth-order valence-corrected chi connectivity index (χ4v) is 4.43. The van der Waals surface area contributed by atoms with E-state index in [1.54, 1.807) is 0 Å². The van der Waals surface area contributed by atoms with E-state index in [1.807, 2.05) is 0 Å². The molecule has 124 valence electrons. The van der Waals surface area contributed by atoms with Crippen molar-refractivity contribution in [1.29, 1.82) is 0 Å². The zero-order valence-corrected chi connectivity index (χ0v) is 15.2. The van der Waals surface area contributed by atoms with E-state index in [-0.39, 0.29) is 5.54 Å². The first-order chi connectivity index (χ1) is 12.0. The molecule has 0 atom stereocenters. The molecule has 0 aliphatic heterocycles. The van der Waals surface area contributed by atoms with Gasteiger partial charge in [0.05, 0.1) is 22.1 Å². The Morgan fingerprint density at radius 1 is 0.640 bits per heavy atom. The average molecular weight is 326 g/mol. The van der Waals surface area contributed by atoms with Gasteiger partial charge in [0, 0.05) is 28.7 Å². The summed E-state index contributed by atoms with van der Waals surface area (Å²) in [6.45, 7) is 6.87. The van der Waals surface area contributed by atoms with Crippen molar-refractivity contribution in [2.75, 3.05) is 0 Å². The Morgan fingerprint density at radius 3 is 2.08 bits per heavy atom. The highest BCUT2D eigenvalue weighted by Gasteiger charge is 2.25. The lowest BCUT2D eigenvalue weighted by molar-refractivity contribution is 0.424. The lowest BCUT2D eigenvalue weighted by atomic mass is 10.1. The molecule has 0 fully saturated rings. The molecule has 5 rings (SSSR count). The third-order valence-corrected chi connectivity index (χ3v) is 5.35. The Labute approximate surface area is 147 Å². The van der Waals surface area contributed by atoms with Gasteiger partial charge in [-0.25, -0.2) is 0 Å². The van der Waals surface area contributed by atoms with Crippen LogP contribution < -0.4 is 0 Å². The fourth-order valence-electron chi connectivity index (χ4n) is 4.43. The van der Waals surface area contributed by atoms with Crippen LogP contribution in [0.3, 0.4) is 0 Å². The highest BCUT2D eigenvalue weighted by atomic mass is 15.1. The summed E-state index contributed by atoms with van der Waals surface area (Å²) in [6, 6.07) is 22.0. The SMILES string of the molecule is Cn1c2c3ccccc3ccc2c2c1c1ccccc1n2C(C)(C)C. The minimum atomic E-state index is 0.0152. The Kier molecular flexibility index (Phi) is 2.72. The number of hydrogen-bond donors (Lipinski definition) is 0. The van der Waals surface area contributed by atoms with Crippen molar-refractivity contribution in [3.8, 4) is 0 Å². The molecule has 0 saturated heterocycles. The van der Waals surface area contributed by atoms with Crippen LogP contribution in [0.4, 0.5) is 0 Å². The first-order valence-corrected chi connectivity index (χ1v) is 8.88. The number of aromatic nitrogens is 2. The molecule has 2 heteroatoms. The minimum Gasteiger partial charge on any atom is -0.341 e. The fraction of sp³-hybridized carbons (Fsp3) is 0.217. The lowest BCUT2D eigenvalue weighted by Gasteiger charge is -2.24. The van der Waals surface area contributed by atoms with Crippen LogP contribution >= 0.6 is 0 Å². The van der Waals surface area contributed by atoms with Crippen LogP contribution in [-0.2, 0) is 12.6 Å². The molecule has 0 amide bonds. The summed E-state index contributed by atoms with van der Waals surface area (Å²) in [4.78, 5) is 0. The molecule has 0 aliphatic rings. The molecule has 0 bridgehead atoms. The van der Waals surface area contributed by atoms with Crippen LogP contribution in [0.1, 0.15) is 20.8 Å². The Hall–Kier alpha value is -2.74. The van der Waals surface area contributed by atoms with Crippen LogP contribution in [-0.4, -0.2) is 9.13 Å². The molecule has 0 aliphatic carbocycles. The first kappa shape index (κ1) is 14.6. The van der Waals surface area contributed by atoms with Crippen LogP contribution in [0.2, 0.25) is 0 Å². The van der Waals surface area contributed by atoms with Crippen molar-refractivity contribution >= 4 is 43.6 Å². The maximum absolute atomic E-state index is 2.51. The molecule has 2 heterocycles. The van der Waals surface area contributed by atoms with Gasteiger partial charge in [0.15, 0.2) is 0 Å². The van der Waals surface area contributed by atoms with Crippen LogP contribution in [0.5, 0.6) is 0 Å². The van der Waals surface area contributed by atoms with Gasteiger partial charge in [-0.2, -0.15) is 0 Å². The summed E-state index contributed by atoms with van der Waals surface area (Å²) < 4.78 is 4.90. The van der Waals surface area contributed by atoms with Crippen LogP contribution in [0.15, 0.2) is 60.7 Å². The van der Waals surface area contributed by atoms with Gasteiger partial charge in [0.25, 0.3) is 0 Å². The molecule has 0 saturated carbocycles. The number of hydrogen-bond acceptors (Lipinski definition) is 0. The third-order valence-electron chi connectivity index (χ3n) is 5.35. The van der Waals surface area contributed by atoms with Gasteiger partial charge in [-0.15, -0.1) is 0 Å². The number of para-hydroxylation sites is 1. The molecule has 0 N–H and O–H groups in total. The zero-order chi connectivity index (χ0) is 17.3. The van der Waals surface area contributed by atoms with E-state index in [0.29, 0.717) is 0 Å². The van der Waals surface area contributed by atoms with Crippen LogP contribution in [0.25, 0.3) is 43.6 Å². The molecule has 25 heavy (non-hydrogen) atoms. The van der Waals surface area contributed by atoms with Crippen molar-refractivity contribution < 1.29 is 0 Å². The van der Waals surface area contributed by atoms with Crippen molar-refractivity contribution in [2.45, 2.75) is 26.3 Å². The standard InChI is InChI=1S/C23H22N2/c1-23(2,3)25-19-12-8-7-11-17(19)21-22(25)18-14-13-15-9-5-6-10-16(15)20(18)24(21)4/h5-14H,1-4H3. The van der Waals surface area contributed by atoms with Gasteiger partial charge < -0.3 is 9.13 Å². The second-order valence-electron chi connectivity index (χ2n) is 7.96. The molecule has 2 nitrogen and oxygen atoms in total. The number of fused-ring (bicyclic) bond motifs is 7. The first-order valence-electron chi connectivity index (χ1n) is 8.88. The number of benzene rings is 3. The summed E-state index contributed by atoms with van der Waals surface area (Å²) in [6.07, 6.45) is 0. The van der Waals surface area contributed by atoms with E-state index >= 15 is 0 Å². The molecule has 5 aromatic rings. The largest absolute Gasteiger partial charge is 0.341 e. The normalized spacial score (nSPS) is 12.8. The quantitative estimate of drug-likeness (QED) is 0.321. The molecular formula is C23H22N2. The second kappa shape index (κ2) is 4.66. The molecule has 2 aromatic heterocycles. The van der Waals surface area contributed by atoms with Gasteiger partial charge in [-0.05, 0) is 32.2 Å². The summed E-state index contributed by atoms with van der Waals surface area (Å²) in [5.74, 6) is 0. The lowest BCUT2D eigenvalue weighted by Crippen LogP contribution is -2.21. The highest BCUT2D eigenvalue weighted by Crippen LogP contribution is 2.41. The number of nitrogens with zero attached hydrogens (tertiary/aromatic N) is 2. The van der Waals surface area contributed by atoms with E-state index in [0.717, 1.165) is 0 Å². The van der Waals surface area contributed by atoms with Gasteiger partial charge in [-0.1, -0.05) is 54.6 Å². The van der Waals surface area contributed by atoms with Crippen LogP contribution in [0, 0.1) is 0 Å². The Balaban J connectivity index is 2.15. The highest BCUT2D eigenvalue weighted by molar-refractivity contribution is 6.23. The maximum atomic E-state index is 2.51. The topological polar surface area (TPSA) is 9.86 Å². The van der Waals surface area contributed by atoms with Crippen molar-refractivity contribution in [3.05, 3.63) is 60.7 Å².